The van der Waals surface area contributed by atoms with E-state index in [1.54, 1.807) is 0 Å². The summed E-state index contributed by atoms with van der Waals surface area (Å²) >= 11 is 0. The van der Waals surface area contributed by atoms with Crippen molar-refractivity contribution in [3.63, 3.8) is 0 Å². The zero-order valence-corrected chi connectivity index (χ0v) is 12.7. The molecule has 20 heavy (non-hydrogen) atoms. The lowest BCUT2D eigenvalue weighted by Gasteiger charge is -2.33. The van der Waals surface area contributed by atoms with E-state index in [0.29, 0.717) is 5.56 Å². The highest BCUT2D eigenvalue weighted by atomic mass is 35.5. The Labute approximate surface area is 130 Å². The number of hydrogen-bond donors (Lipinski definition) is 2. The highest BCUT2D eigenvalue weighted by Crippen LogP contribution is 2.31. The number of nitrogens with one attached hydrogen (secondary N) is 1. The zero-order valence-electron chi connectivity index (χ0n) is 11.1. The van der Waals surface area contributed by atoms with Crippen LogP contribution in [0.1, 0.15) is 18.5 Å². The molecule has 0 amide bonds. The van der Waals surface area contributed by atoms with Gasteiger partial charge in [-0.25, -0.2) is 0 Å². The maximum Gasteiger partial charge on any atom is 0.270 e. The molecular formula is C12H19Cl2N3O3. The number of phenolic OH excluding ortho intramolecular Hbond substituents is 1. The van der Waals surface area contributed by atoms with Gasteiger partial charge in [0, 0.05) is 49.9 Å². The molecule has 2 rings (SSSR count). The molecule has 114 valence electrons. The number of hydrogen-bond acceptors (Lipinski definition) is 5. The van der Waals surface area contributed by atoms with Crippen LogP contribution in [0.5, 0.6) is 5.75 Å². The largest absolute Gasteiger partial charge is 0.508 e. The summed E-state index contributed by atoms with van der Waals surface area (Å²) in [6.07, 6.45) is 0. The SMILES string of the molecule is C[C@H](c1cc([N+](=O)[O-])ccc1O)N1CCNCC1.Cl.Cl. The zero-order chi connectivity index (χ0) is 13.1. The number of nitrogens with zero attached hydrogens (tertiary/aromatic N) is 2. The van der Waals surface area contributed by atoms with Crippen LogP contribution in [0, 0.1) is 10.1 Å². The molecule has 8 heteroatoms. The number of aromatic hydroxyl groups is 1. The van der Waals surface area contributed by atoms with E-state index in [-0.39, 0.29) is 42.3 Å². The Hall–Kier alpha value is -1.08. The molecule has 1 atom stereocenters. The first-order chi connectivity index (χ1) is 8.59. The standard InChI is InChI=1S/C12H17N3O3.2ClH/c1-9(14-6-4-13-5-7-14)11-8-10(15(17)18)2-3-12(11)16;;/h2-3,8-9,13,16H,4-7H2,1H3;2*1H/t9-;;/m1../s1. The molecule has 0 spiro atoms. The van der Waals surface area contributed by atoms with Gasteiger partial charge in [0.2, 0.25) is 0 Å². The van der Waals surface area contributed by atoms with Gasteiger partial charge in [0.25, 0.3) is 5.69 Å². The molecular weight excluding hydrogens is 305 g/mol. The molecule has 0 saturated carbocycles. The molecule has 1 aromatic carbocycles. The van der Waals surface area contributed by atoms with Gasteiger partial charge in [-0.05, 0) is 13.0 Å². The molecule has 0 radical (unpaired) electrons. The minimum absolute atomic E-state index is 0. The normalized spacial score (nSPS) is 16.6. The second kappa shape index (κ2) is 8.26. The summed E-state index contributed by atoms with van der Waals surface area (Å²) in [6, 6.07) is 4.16. The van der Waals surface area contributed by atoms with Crippen LogP contribution in [0.3, 0.4) is 0 Å². The van der Waals surface area contributed by atoms with E-state index in [2.05, 4.69) is 10.2 Å². The van der Waals surface area contributed by atoms with Gasteiger partial charge < -0.3 is 10.4 Å². The molecule has 1 aliphatic heterocycles. The Kier molecular flexibility index (Phi) is 7.82. The van der Waals surface area contributed by atoms with E-state index < -0.39 is 4.92 Å². The predicted molar refractivity (Wildman–Crippen MR) is 82.1 cm³/mol. The van der Waals surface area contributed by atoms with Crippen molar-refractivity contribution in [2.45, 2.75) is 13.0 Å². The molecule has 1 aromatic rings. The van der Waals surface area contributed by atoms with Crippen LogP contribution in [-0.2, 0) is 0 Å². The third-order valence-electron chi connectivity index (χ3n) is 3.37. The van der Waals surface area contributed by atoms with Crippen molar-refractivity contribution in [1.29, 1.82) is 0 Å². The van der Waals surface area contributed by atoms with Gasteiger partial charge >= 0.3 is 0 Å². The minimum atomic E-state index is -0.437. The molecule has 0 aliphatic carbocycles. The molecule has 1 aliphatic rings. The molecule has 0 aromatic heterocycles. The number of nitro benzene ring substituents is 1. The van der Waals surface area contributed by atoms with Crippen molar-refractivity contribution >= 4 is 30.5 Å². The lowest BCUT2D eigenvalue weighted by atomic mass is 10.0. The fourth-order valence-corrected chi connectivity index (χ4v) is 2.26. The Bertz CT molecular complexity index is 454. The summed E-state index contributed by atoms with van der Waals surface area (Å²) in [5.41, 5.74) is 0.635. The third kappa shape index (κ3) is 4.21. The van der Waals surface area contributed by atoms with Gasteiger partial charge in [0.1, 0.15) is 5.75 Å². The van der Waals surface area contributed by atoms with E-state index in [9.17, 15) is 15.2 Å². The van der Waals surface area contributed by atoms with E-state index in [1.165, 1.54) is 18.2 Å². The maximum atomic E-state index is 10.8. The van der Waals surface area contributed by atoms with Crippen LogP contribution >= 0.6 is 24.8 Å². The summed E-state index contributed by atoms with van der Waals surface area (Å²) in [5.74, 6) is 0.117. The lowest BCUT2D eigenvalue weighted by Crippen LogP contribution is -2.44. The predicted octanol–water partition coefficient (Wildman–Crippen LogP) is 2.11. The van der Waals surface area contributed by atoms with Crippen LogP contribution in [-0.4, -0.2) is 41.1 Å². The van der Waals surface area contributed by atoms with Crippen molar-refractivity contribution < 1.29 is 10.0 Å². The first-order valence-corrected chi connectivity index (χ1v) is 6.01. The number of non-ortho nitro benzene ring substituents is 1. The number of benzene rings is 1. The highest BCUT2D eigenvalue weighted by Gasteiger charge is 2.22. The second-order valence-electron chi connectivity index (χ2n) is 4.46. The fraction of sp³-hybridized carbons (Fsp3) is 0.500. The van der Waals surface area contributed by atoms with Gasteiger partial charge in [-0.3, -0.25) is 15.0 Å². The maximum absolute atomic E-state index is 10.8. The van der Waals surface area contributed by atoms with Crippen LogP contribution < -0.4 is 5.32 Å². The van der Waals surface area contributed by atoms with Crippen LogP contribution in [0.4, 0.5) is 5.69 Å². The Morgan fingerprint density at radius 1 is 1.35 bits per heavy atom. The van der Waals surface area contributed by atoms with Crippen LogP contribution in [0.25, 0.3) is 0 Å². The number of phenols is 1. The van der Waals surface area contributed by atoms with Crippen molar-refractivity contribution in [2.24, 2.45) is 0 Å². The van der Waals surface area contributed by atoms with Crippen molar-refractivity contribution in [3.05, 3.63) is 33.9 Å². The number of piperazine rings is 1. The number of rotatable bonds is 3. The fourth-order valence-electron chi connectivity index (χ4n) is 2.26. The van der Waals surface area contributed by atoms with Crippen molar-refractivity contribution in [3.8, 4) is 5.75 Å². The first-order valence-electron chi connectivity index (χ1n) is 6.01. The molecule has 2 N–H and O–H groups in total. The third-order valence-corrected chi connectivity index (χ3v) is 3.37. The molecule has 1 heterocycles. The molecule has 1 saturated heterocycles. The van der Waals surface area contributed by atoms with Crippen molar-refractivity contribution in [2.75, 3.05) is 26.2 Å². The van der Waals surface area contributed by atoms with Gasteiger partial charge in [-0.1, -0.05) is 0 Å². The first kappa shape index (κ1) is 18.9. The van der Waals surface area contributed by atoms with Crippen LogP contribution in [0.15, 0.2) is 18.2 Å². The van der Waals surface area contributed by atoms with E-state index in [0.717, 1.165) is 26.2 Å². The van der Waals surface area contributed by atoms with E-state index >= 15 is 0 Å². The summed E-state index contributed by atoms with van der Waals surface area (Å²) in [5, 5.41) is 23.9. The average molecular weight is 324 g/mol. The monoisotopic (exact) mass is 323 g/mol. The Morgan fingerprint density at radius 2 is 1.95 bits per heavy atom. The molecule has 0 bridgehead atoms. The average Bonchev–Trinajstić information content (AvgIpc) is 2.39. The molecule has 0 unspecified atom stereocenters. The number of nitro groups is 1. The van der Waals surface area contributed by atoms with Gasteiger partial charge in [0.15, 0.2) is 0 Å². The smallest absolute Gasteiger partial charge is 0.270 e. The topological polar surface area (TPSA) is 78.6 Å². The summed E-state index contributed by atoms with van der Waals surface area (Å²) in [6.45, 7) is 5.52. The second-order valence-corrected chi connectivity index (χ2v) is 4.46. The van der Waals surface area contributed by atoms with E-state index in [4.69, 9.17) is 0 Å². The lowest BCUT2D eigenvalue weighted by molar-refractivity contribution is -0.385. The van der Waals surface area contributed by atoms with Crippen LogP contribution in [0.2, 0.25) is 0 Å². The Balaban J connectivity index is 0.00000180. The van der Waals surface area contributed by atoms with E-state index in [1.807, 2.05) is 6.92 Å². The van der Waals surface area contributed by atoms with Gasteiger partial charge in [0.05, 0.1) is 4.92 Å². The van der Waals surface area contributed by atoms with Crippen molar-refractivity contribution in [1.82, 2.24) is 10.2 Å². The molecule has 1 fully saturated rings. The quantitative estimate of drug-likeness (QED) is 0.658. The summed E-state index contributed by atoms with van der Waals surface area (Å²) in [4.78, 5) is 12.5. The summed E-state index contributed by atoms with van der Waals surface area (Å²) < 4.78 is 0. The summed E-state index contributed by atoms with van der Waals surface area (Å²) in [7, 11) is 0. The minimum Gasteiger partial charge on any atom is -0.508 e. The Morgan fingerprint density at radius 3 is 2.50 bits per heavy atom. The van der Waals surface area contributed by atoms with Gasteiger partial charge in [-0.15, -0.1) is 24.8 Å². The number of halogens is 2. The molecule has 6 nitrogen and oxygen atoms in total. The van der Waals surface area contributed by atoms with Gasteiger partial charge in [-0.2, -0.15) is 0 Å². The highest BCUT2D eigenvalue weighted by molar-refractivity contribution is 5.85.